The van der Waals surface area contributed by atoms with Crippen LogP contribution in [-0.4, -0.2) is 32.4 Å². The van der Waals surface area contributed by atoms with Gasteiger partial charge in [-0.1, -0.05) is 24.6 Å². The minimum absolute atomic E-state index is 0.0734. The van der Waals surface area contributed by atoms with Crippen LogP contribution < -0.4 is 5.32 Å². The lowest BCUT2D eigenvalue weighted by Crippen LogP contribution is -2.37. The Bertz CT molecular complexity index is 544. The van der Waals surface area contributed by atoms with Gasteiger partial charge in [0.05, 0.1) is 4.90 Å². The molecule has 0 aromatic heterocycles. The van der Waals surface area contributed by atoms with Gasteiger partial charge in [0, 0.05) is 24.2 Å². The molecule has 0 aliphatic heterocycles. The highest BCUT2D eigenvalue weighted by molar-refractivity contribution is 7.89. The van der Waals surface area contributed by atoms with E-state index in [-0.39, 0.29) is 10.9 Å². The molecule has 0 atom stereocenters. The minimum atomic E-state index is -3.49. The van der Waals surface area contributed by atoms with Crippen molar-refractivity contribution in [1.82, 2.24) is 9.62 Å². The molecule has 20 heavy (non-hydrogen) atoms. The second-order valence-electron chi connectivity index (χ2n) is 4.99. The Morgan fingerprint density at radius 3 is 2.45 bits per heavy atom. The predicted octanol–water partition coefficient (Wildman–Crippen LogP) is 2.87. The molecule has 0 radical (unpaired) electrons. The second kappa shape index (κ2) is 7.41. The molecule has 0 aliphatic carbocycles. The summed E-state index contributed by atoms with van der Waals surface area (Å²) in [6.45, 7) is 6.85. The number of hydrogen-bond acceptors (Lipinski definition) is 3. The third-order valence-corrected chi connectivity index (χ3v) is 5.44. The molecule has 114 valence electrons. The maximum atomic E-state index is 12.6. The van der Waals surface area contributed by atoms with Gasteiger partial charge in [0.25, 0.3) is 0 Å². The third-order valence-electron chi connectivity index (χ3n) is 3.02. The Morgan fingerprint density at radius 1 is 1.35 bits per heavy atom. The first kappa shape index (κ1) is 17.4. The maximum Gasteiger partial charge on any atom is 0.243 e. The van der Waals surface area contributed by atoms with Gasteiger partial charge < -0.3 is 5.32 Å². The van der Waals surface area contributed by atoms with Crippen molar-refractivity contribution in [3.8, 4) is 0 Å². The monoisotopic (exact) mass is 318 g/mol. The molecule has 0 unspecified atom stereocenters. The Morgan fingerprint density at radius 2 is 2.00 bits per heavy atom. The molecule has 0 saturated heterocycles. The first-order valence-electron chi connectivity index (χ1n) is 6.79. The molecule has 1 aromatic rings. The first-order valence-corrected chi connectivity index (χ1v) is 8.61. The standard InChI is InChI=1S/C14H23ClN2O2S/c1-5-8-17(11(2)3)20(18,19)13-7-6-12(10-16-4)14(15)9-13/h6-7,9,11,16H,5,8,10H2,1-4H3. The van der Waals surface area contributed by atoms with Crippen molar-refractivity contribution in [2.75, 3.05) is 13.6 Å². The average Bonchev–Trinajstić information content (AvgIpc) is 2.37. The number of hydrogen-bond donors (Lipinski definition) is 1. The molecule has 6 heteroatoms. The number of benzene rings is 1. The molecule has 0 spiro atoms. The van der Waals surface area contributed by atoms with Gasteiger partial charge in [0.1, 0.15) is 0 Å². The Kier molecular flexibility index (Phi) is 6.45. The van der Waals surface area contributed by atoms with Gasteiger partial charge in [-0.3, -0.25) is 0 Å². The lowest BCUT2D eigenvalue weighted by molar-refractivity contribution is 0.354. The highest BCUT2D eigenvalue weighted by Crippen LogP contribution is 2.24. The molecule has 0 amide bonds. The van der Waals surface area contributed by atoms with Crippen molar-refractivity contribution in [3.63, 3.8) is 0 Å². The molecule has 0 aliphatic rings. The van der Waals surface area contributed by atoms with E-state index in [0.29, 0.717) is 18.1 Å². The van der Waals surface area contributed by atoms with Crippen molar-refractivity contribution < 1.29 is 8.42 Å². The Balaban J connectivity index is 3.17. The summed E-state index contributed by atoms with van der Waals surface area (Å²) >= 11 is 6.15. The van der Waals surface area contributed by atoms with Crippen LogP contribution in [0.1, 0.15) is 32.8 Å². The molecule has 1 aromatic carbocycles. The zero-order chi connectivity index (χ0) is 15.3. The summed E-state index contributed by atoms with van der Waals surface area (Å²) in [6, 6.07) is 4.85. The number of nitrogens with zero attached hydrogens (tertiary/aromatic N) is 1. The van der Waals surface area contributed by atoms with E-state index >= 15 is 0 Å². The van der Waals surface area contributed by atoms with Crippen LogP contribution in [0.2, 0.25) is 5.02 Å². The van der Waals surface area contributed by atoms with Crippen LogP contribution in [0, 0.1) is 0 Å². The summed E-state index contributed by atoms with van der Waals surface area (Å²) in [4.78, 5) is 0.254. The van der Waals surface area contributed by atoms with Gasteiger partial charge >= 0.3 is 0 Å². The maximum absolute atomic E-state index is 12.6. The van der Waals surface area contributed by atoms with Crippen molar-refractivity contribution in [1.29, 1.82) is 0 Å². The smallest absolute Gasteiger partial charge is 0.243 e. The summed E-state index contributed by atoms with van der Waals surface area (Å²) in [7, 11) is -1.67. The summed E-state index contributed by atoms with van der Waals surface area (Å²) in [6.07, 6.45) is 0.781. The molecule has 0 bridgehead atoms. The van der Waals surface area contributed by atoms with E-state index in [0.717, 1.165) is 12.0 Å². The average molecular weight is 319 g/mol. The fourth-order valence-corrected chi connectivity index (χ4v) is 4.10. The second-order valence-corrected chi connectivity index (χ2v) is 7.29. The highest BCUT2D eigenvalue weighted by atomic mass is 35.5. The SMILES string of the molecule is CCCN(C(C)C)S(=O)(=O)c1ccc(CNC)c(Cl)c1. The predicted molar refractivity (Wildman–Crippen MR) is 83.5 cm³/mol. The normalized spacial score (nSPS) is 12.3. The lowest BCUT2D eigenvalue weighted by atomic mass is 10.2. The summed E-state index contributed by atoms with van der Waals surface area (Å²) in [5.41, 5.74) is 0.889. The summed E-state index contributed by atoms with van der Waals surface area (Å²) in [5.74, 6) is 0. The topological polar surface area (TPSA) is 49.4 Å². The quantitative estimate of drug-likeness (QED) is 0.841. The van der Waals surface area contributed by atoms with Gasteiger partial charge in [-0.15, -0.1) is 0 Å². The molecule has 0 fully saturated rings. The van der Waals surface area contributed by atoms with E-state index in [1.54, 1.807) is 12.1 Å². The number of halogens is 1. The van der Waals surface area contributed by atoms with Crippen LogP contribution in [0.3, 0.4) is 0 Å². The van der Waals surface area contributed by atoms with Gasteiger partial charge in [-0.05, 0) is 45.0 Å². The number of nitrogens with one attached hydrogen (secondary N) is 1. The van der Waals surface area contributed by atoms with Crippen LogP contribution in [0.4, 0.5) is 0 Å². The summed E-state index contributed by atoms with van der Waals surface area (Å²) in [5, 5.41) is 3.47. The van der Waals surface area contributed by atoms with Crippen molar-refractivity contribution in [3.05, 3.63) is 28.8 Å². The van der Waals surface area contributed by atoms with Gasteiger partial charge in [0.2, 0.25) is 10.0 Å². The van der Waals surface area contributed by atoms with E-state index in [1.807, 2.05) is 27.8 Å². The zero-order valence-electron chi connectivity index (χ0n) is 12.5. The molecular weight excluding hydrogens is 296 g/mol. The van der Waals surface area contributed by atoms with Crippen molar-refractivity contribution in [2.24, 2.45) is 0 Å². The molecule has 1 rings (SSSR count). The fraction of sp³-hybridized carbons (Fsp3) is 0.571. The third kappa shape index (κ3) is 3.95. The van der Waals surface area contributed by atoms with Crippen LogP contribution >= 0.6 is 11.6 Å². The van der Waals surface area contributed by atoms with E-state index in [4.69, 9.17) is 11.6 Å². The van der Waals surface area contributed by atoms with Crippen molar-refractivity contribution in [2.45, 2.75) is 44.7 Å². The first-order chi connectivity index (χ1) is 9.34. The molecule has 0 saturated carbocycles. The van der Waals surface area contributed by atoms with Crippen LogP contribution in [-0.2, 0) is 16.6 Å². The minimum Gasteiger partial charge on any atom is -0.316 e. The molecule has 1 N–H and O–H groups in total. The zero-order valence-corrected chi connectivity index (χ0v) is 14.1. The van der Waals surface area contributed by atoms with Crippen molar-refractivity contribution >= 4 is 21.6 Å². The lowest BCUT2D eigenvalue weighted by Gasteiger charge is -2.25. The fourth-order valence-electron chi connectivity index (χ4n) is 2.03. The molecular formula is C14H23ClN2O2S. The van der Waals surface area contributed by atoms with Crippen LogP contribution in [0.15, 0.2) is 23.1 Å². The Hall–Kier alpha value is -0.620. The number of sulfonamides is 1. The van der Waals surface area contributed by atoms with E-state index in [1.165, 1.54) is 10.4 Å². The highest BCUT2D eigenvalue weighted by Gasteiger charge is 2.26. The molecule has 0 heterocycles. The van der Waals surface area contributed by atoms with E-state index in [2.05, 4.69) is 5.32 Å². The van der Waals surface area contributed by atoms with Gasteiger partial charge in [-0.25, -0.2) is 8.42 Å². The molecule has 4 nitrogen and oxygen atoms in total. The van der Waals surface area contributed by atoms with E-state index < -0.39 is 10.0 Å². The Labute approximate surface area is 127 Å². The van der Waals surface area contributed by atoms with Gasteiger partial charge in [0.15, 0.2) is 0 Å². The summed E-state index contributed by atoms with van der Waals surface area (Å²) < 4.78 is 26.8. The van der Waals surface area contributed by atoms with E-state index in [9.17, 15) is 8.42 Å². The van der Waals surface area contributed by atoms with Crippen LogP contribution in [0.5, 0.6) is 0 Å². The van der Waals surface area contributed by atoms with Crippen LogP contribution in [0.25, 0.3) is 0 Å². The van der Waals surface area contributed by atoms with Gasteiger partial charge in [-0.2, -0.15) is 4.31 Å². The number of rotatable bonds is 7. The largest absolute Gasteiger partial charge is 0.316 e.